The summed E-state index contributed by atoms with van der Waals surface area (Å²) >= 11 is 0. The third kappa shape index (κ3) is 2.57. The zero-order valence-corrected chi connectivity index (χ0v) is 8.85. The molecule has 2 aromatic carbocycles. The van der Waals surface area contributed by atoms with Gasteiger partial charge in [-0.1, -0.05) is 66.7 Å². The Bertz CT molecular complexity index is 438. The van der Waals surface area contributed by atoms with Gasteiger partial charge in [-0.05, 0) is 23.6 Å². The quantitative estimate of drug-likeness (QED) is 0.627. The van der Waals surface area contributed by atoms with E-state index >= 15 is 0 Å². The van der Waals surface area contributed by atoms with Gasteiger partial charge in [0.1, 0.15) is 0 Å². The molecule has 0 atom stereocenters. The molecular weight excluding hydrogens is 180 g/mol. The molecule has 0 nitrogen and oxygen atoms in total. The lowest BCUT2D eigenvalue weighted by atomic mass is 10.0. The van der Waals surface area contributed by atoms with Crippen molar-refractivity contribution in [3.8, 4) is 0 Å². The summed E-state index contributed by atoms with van der Waals surface area (Å²) in [6.07, 6.45) is 2.20. The lowest BCUT2D eigenvalue weighted by molar-refractivity contribution is 1.57. The Morgan fingerprint density at radius 2 is 1.33 bits per heavy atom. The first-order valence-electron chi connectivity index (χ1n) is 5.15. The average Bonchev–Trinajstić information content (AvgIpc) is 2.31. The van der Waals surface area contributed by atoms with Gasteiger partial charge in [0.2, 0.25) is 0 Å². The van der Waals surface area contributed by atoms with E-state index in [2.05, 4.69) is 61.5 Å². The lowest BCUT2D eigenvalue weighted by Crippen LogP contribution is -1.78. The normalized spacial score (nSPS) is 11.4. The van der Waals surface area contributed by atoms with Crippen LogP contribution in [-0.4, -0.2) is 0 Å². The maximum Gasteiger partial charge on any atom is -0.0227 e. The molecule has 74 valence electrons. The van der Waals surface area contributed by atoms with Crippen molar-refractivity contribution in [2.75, 3.05) is 0 Å². The third-order valence-electron chi connectivity index (χ3n) is 2.41. The molecule has 0 aliphatic carbocycles. The van der Waals surface area contributed by atoms with Gasteiger partial charge in [0.25, 0.3) is 0 Å². The van der Waals surface area contributed by atoms with Gasteiger partial charge in [-0.2, -0.15) is 0 Å². The lowest BCUT2D eigenvalue weighted by Gasteiger charge is -2.01. The molecule has 0 saturated heterocycles. The van der Waals surface area contributed by atoms with Crippen LogP contribution >= 0.6 is 0 Å². The molecule has 2 aromatic rings. The molecule has 0 bridgehead atoms. The summed E-state index contributed by atoms with van der Waals surface area (Å²) in [5, 5.41) is 0. The smallest absolute Gasteiger partial charge is 0.0227 e. The number of hydrogen-bond donors (Lipinski definition) is 0. The first kappa shape index (κ1) is 9.72. The Hall–Kier alpha value is -1.82. The number of allylic oxidation sites excluding steroid dienone is 1. The topological polar surface area (TPSA) is 0 Å². The van der Waals surface area contributed by atoms with Crippen LogP contribution in [0.2, 0.25) is 0 Å². The number of benzene rings is 2. The maximum atomic E-state index is 2.20. The van der Waals surface area contributed by atoms with Crippen molar-refractivity contribution in [3.05, 3.63) is 71.8 Å². The second-order valence-corrected chi connectivity index (χ2v) is 3.60. The van der Waals surface area contributed by atoms with Gasteiger partial charge < -0.3 is 0 Å². The van der Waals surface area contributed by atoms with Crippen molar-refractivity contribution < 1.29 is 0 Å². The molecule has 0 fully saturated rings. The van der Waals surface area contributed by atoms with E-state index in [1.165, 1.54) is 16.7 Å². The van der Waals surface area contributed by atoms with Gasteiger partial charge in [0.15, 0.2) is 0 Å². The highest BCUT2D eigenvalue weighted by Crippen LogP contribution is 2.16. The van der Waals surface area contributed by atoms with E-state index in [0.717, 1.165) is 0 Å². The predicted octanol–water partition coefficient (Wildman–Crippen LogP) is 4.25. The monoisotopic (exact) mass is 194 g/mol. The van der Waals surface area contributed by atoms with E-state index in [1.54, 1.807) is 0 Å². The van der Waals surface area contributed by atoms with E-state index in [-0.39, 0.29) is 0 Å². The molecule has 0 aliphatic heterocycles. The van der Waals surface area contributed by atoms with Gasteiger partial charge in [-0.25, -0.2) is 0 Å². The fourth-order valence-electron chi connectivity index (χ4n) is 1.58. The molecule has 0 aliphatic rings. The molecular formula is C15H14. The summed E-state index contributed by atoms with van der Waals surface area (Å²) in [5.74, 6) is 0. The molecule has 0 saturated carbocycles. The Morgan fingerprint density at radius 3 is 1.93 bits per heavy atom. The molecule has 0 amide bonds. The SMILES string of the molecule is C/C(=C\c1ccccc1)c1ccccc1. The Balaban J connectivity index is 2.29. The molecule has 0 unspecified atom stereocenters. The molecule has 15 heavy (non-hydrogen) atoms. The minimum atomic E-state index is 1.25. The fraction of sp³-hybridized carbons (Fsp3) is 0.0667. The summed E-state index contributed by atoms with van der Waals surface area (Å²) in [6, 6.07) is 20.8. The molecule has 2 rings (SSSR count). The number of hydrogen-bond acceptors (Lipinski definition) is 0. The van der Waals surface area contributed by atoms with Crippen LogP contribution in [0.15, 0.2) is 60.7 Å². The van der Waals surface area contributed by atoms with Crippen molar-refractivity contribution in [3.63, 3.8) is 0 Å². The molecule has 0 aromatic heterocycles. The summed E-state index contributed by atoms with van der Waals surface area (Å²) in [7, 11) is 0. The highest BCUT2D eigenvalue weighted by molar-refractivity contribution is 5.79. The van der Waals surface area contributed by atoms with Crippen molar-refractivity contribution in [2.24, 2.45) is 0 Å². The Morgan fingerprint density at radius 1 is 0.800 bits per heavy atom. The maximum absolute atomic E-state index is 2.20. The average molecular weight is 194 g/mol. The summed E-state index contributed by atoms with van der Waals surface area (Å²) in [6.45, 7) is 2.14. The molecule has 0 spiro atoms. The van der Waals surface area contributed by atoms with Crippen LogP contribution in [0.5, 0.6) is 0 Å². The van der Waals surface area contributed by atoms with Crippen LogP contribution < -0.4 is 0 Å². The van der Waals surface area contributed by atoms with E-state index in [1.807, 2.05) is 12.1 Å². The first-order chi connectivity index (χ1) is 7.36. The van der Waals surface area contributed by atoms with Crippen molar-refractivity contribution in [2.45, 2.75) is 6.92 Å². The van der Waals surface area contributed by atoms with Crippen LogP contribution in [0.4, 0.5) is 0 Å². The van der Waals surface area contributed by atoms with Gasteiger partial charge in [-0.3, -0.25) is 0 Å². The summed E-state index contributed by atoms with van der Waals surface area (Å²) in [4.78, 5) is 0. The van der Waals surface area contributed by atoms with Gasteiger partial charge in [0.05, 0.1) is 0 Å². The van der Waals surface area contributed by atoms with Crippen molar-refractivity contribution >= 4 is 11.6 Å². The molecule has 0 heteroatoms. The third-order valence-corrected chi connectivity index (χ3v) is 2.41. The van der Waals surface area contributed by atoms with E-state index in [4.69, 9.17) is 0 Å². The zero-order chi connectivity index (χ0) is 10.5. The van der Waals surface area contributed by atoms with Crippen LogP contribution in [-0.2, 0) is 0 Å². The van der Waals surface area contributed by atoms with Crippen LogP contribution in [0.25, 0.3) is 11.6 Å². The summed E-state index contributed by atoms with van der Waals surface area (Å²) < 4.78 is 0. The zero-order valence-electron chi connectivity index (χ0n) is 8.85. The number of rotatable bonds is 2. The minimum Gasteiger partial charge on any atom is -0.0622 e. The highest BCUT2D eigenvalue weighted by atomic mass is 14.0. The van der Waals surface area contributed by atoms with Crippen LogP contribution in [0.1, 0.15) is 18.1 Å². The van der Waals surface area contributed by atoms with Crippen molar-refractivity contribution in [1.29, 1.82) is 0 Å². The fourth-order valence-corrected chi connectivity index (χ4v) is 1.58. The summed E-state index contributed by atoms with van der Waals surface area (Å²) in [5.41, 5.74) is 3.82. The van der Waals surface area contributed by atoms with Gasteiger partial charge >= 0.3 is 0 Å². The molecule has 0 N–H and O–H groups in total. The Labute approximate surface area is 90.9 Å². The van der Waals surface area contributed by atoms with Crippen LogP contribution in [0.3, 0.4) is 0 Å². The van der Waals surface area contributed by atoms with E-state index in [0.29, 0.717) is 0 Å². The van der Waals surface area contributed by atoms with Crippen molar-refractivity contribution in [1.82, 2.24) is 0 Å². The predicted molar refractivity (Wildman–Crippen MR) is 66.4 cm³/mol. The highest BCUT2D eigenvalue weighted by Gasteiger charge is 1.93. The second kappa shape index (κ2) is 4.61. The Kier molecular flexibility index (Phi) is 2.99. The van der Waals surface area contributed by atoms with Crippen LogP contribution in [0, 0.1) is 0 Å². The van der Waals surface area contributed by atoms with Gasteiger partial charge in [-0.15, -0.1) is 0 Å². The standard InChI is InChI=1S/C15H14/c1-13(15-10-6-3-7-11-15)12-14-8-4-2-5-9-14/h2-12H,1H3/b13-12+. The van der Waals surface area contributed by atoms with E-state index in [9.17, 15) is 0 Å². The minimum absolute atomic E-state index is 1.25. The van der Waals surface area contributed by atoms with E-state index < -0.39 is 0 Å². The van der Waals surface area contributed by atoms with Gasteiger partial charge in [0, 0.05) is 0 Å². The second-order valence-electron chi connectivity index (χ2n) is 3.60. The molecule has 0 radical (unpaired) electrons. The largest absolute Gasteiger partial charge is 0.0622 e. The molecule has 0 heterocycles. The first-order valence-corrected chi connectivity index (χ1v) is 5.15.